The van der Waals surface area contributed by atoms with Crippen molar-refractivity contribution in [1.82, 2.24) is 16.0 Å². The average molecular weight is 468 g/mol. The van der Waals surface area contributed by atoms with E-state index in [9.17, 15) is 29.4 Å². The van der Waals surface area contributed by atoms with E-state index in [1.807, 2.05) is 0 Å². The van der Waals surface area contributed by atoms with Crippen LogP contribution >= 0.6 is 24.4 Å². The van der Waals surface area contributed by atoms with Crippen LogP contribution in [0.15, 0.2) is 0 Å². The standard InChI is InChI=1S/C17H33N5O6S2/c1-30-7-5-11(17(27)28)20-15(25)12(8-23)21-16(26)13(9-29)22-14(24)10(19)4-2-3-6-18/h10-13,23,29H,2-9,18-19H2,1H3,(H,20,25)(H,21,26)(H,22,24)(H,27,28). The molecule has 0 rings (SSSR count). The summed E-state index contributed by atoms with van der Waals surface area (Å²) in [7, 11) is 0. The molecule has 174 valence electrons. The van der Waals surface area contributed by atoms with E-state index in [4.69, 9.17) is 11.5 Å². The Kier molecular flexibility index (Phi) is 15.4. The number of aliphatic hydroxyl groups excluding tert-OH is 1. The first-order valence-electron chi connectivity index (χ1n) is 9.51. The van der Waals surface area contributed by atoms with Crippen molar-refractivity contribution in [1.29, 1.82) is 0 Å². The molecule has 0 bridgehead atoms. The number of thiol groups is 1. The molecule has 30 heavy (non-hydrogen) atoms. The van der Waals surface area contributed by atoms with Crippen LogP contribution in [0.2, 0.25) is 0 Å². The molecule has 0 aromatic rings. The zero-order chi connectivity index (χ0) is 23.1. The van der Waals surface area contributed by atoms with Gasteiger partial charge in [0.15, 0.2) is 0 Å². The average Bonchev–Trinajstić information content (AvgIpc) is 2.72. The Morgan fingerprint density at radius 3 is 2.03 bits per heavy atom. The number of hydrogen-bond acceptors (Lipinski definition) is 9. The molecule has 0 radical (unpaired) electrons. The van der Waals surface area contributed by atoms with Crippen molar-refractivity contribution in [2.75, 3.05) is 30.9 Å². The zero-order valence-electron chi connectivity index (χ0n) is 17.0. The smallest absolute Gasteiger partial charge is 0.326 e. The van der Waals surface area contributed by atoms with Gasteiger partial charge in [-0.2, -0.15) is 24.4 Å². The van der Waals surface area contributed by atoms with Crippen molar-refractivity contribution in [2.24, 2.45) is 11.5 Å². The lowest BCUT2D eigenvalue weighted by molar-refractivity contribution is -0.142. The van der Waals surface area contributed by atoms with Crippen LogP contribution in [-0.2, 0) is 19.2 Å². The molecule has 0 aliphatic rings. The maximum absolute atomic E-state index is 12.4. The third kappa shape index (κ3) is 11.0. The number of nitrogens with one attached hydrogen (secondary N) is 3. The molecule has 0 saturated heterocycles. The van der Waals surface area contributed by atoms with Gasteiger partial charge in [-0.3, -0.25) is 14.4 Å². The molecule has 0 heterocycles. The van der Waals surface area contributed by atoms with E-state index in [1.54, 1.807) is 6.26 Å². The van der Waals surface area contributed by atoms with E-state index in [0.717, 1.165) is 6.42 Å². The van der Waals surface area contributed by atoms with Crippen LogP contribution in [0.5, 0.6) is 0 Å². The molecular weight excluding hydrogens is 434 g/mol. The summed E-state index contributed by atoms with van der Waals surface area (Å²) >= 11 is 5.45. The molecule has 11 nitrogen and oxygen atoms in total. The number of nitrogens with two attached hydrogens (primary N) is 2. The van der Waals surface area contributed by atoms with E-state index >= 15 is 0 Å². The lowest BCUT2D eigenvalue weighted by Crippen LogP contribution is -2.58. The van der Waals surface area contributed by atoms with Crippen LogP contribution in [0.3, 0.4) is 0 Å². The molecule has 0 aliphatic heterocycles. The molecule has 4 atom stereocenters. The number of aliphatic carboxylic acids is 1. The molecule has 4 unspecified atom stereocenters. The molecule has 13 heteroatoms. The van der Waals surface area contributed by atoms with Crippen LogP contribution in [0, 0.1) is 0 Å². The van der Waals surface area contributed by atoms with E-state index in [0.29, 0.717) is 25.1 Å². The van der Waals surface area contributed by atoms with Crippen LogP contribution < -0.4 is 27.4 Å². The maximum Gasteiger partial charge on any atom is 0.326 e. The van der Waals surface area contributed by atoms with Crippen molar-refractivity contribution >= 4 is 48.1 Å². The second-order valence-corrected chi connectivity index (χ2v) is 7.91. The highest BCUT2D eigenvalue weighted by atomic mass is 32.2. The molecule has 3 amide bonds. The lowest BCUT2D eigenvalue weighted by Gasteiger charge is -2.23. The van der Waals surface area contributed by atoms with Gasteiger partial charge in [-0.15, -0.1) is 0 Å². The van der Waals surface area contributed by atoms with Gasteiger partial charge in [0.2, 0.25) is 17.7 Å². The van der Waals surface area contributed by atoms with Gasteiger partial charge < -0.3 is 37.6 Å². The monoisotopic (exact) mass is 467 g/mol. The van der Waals surface area contributed by atoms with Gasteiger partial charge in [0.25, 0.3) is 0 Å². The number of thioether (sulfide) groups is 1. The molecule has 0 fully saturated rings. The summed E-state index contributed by atoms with van der Waals surface area (Å²) in [6.45, 7) is -0.265. The summed E-state index contributed by atoms with van der Waals surface area (Å²) in [6.07, 6.45) is 3.77. The Bertz CT molecular complexity index is 569. The first kappa shape index (κ1) is 28.5. The van der Waals surface area contributed by atoms with Crippen molar-refractivity contribution in [3.63, 3.8) is 0 Å². The van der Waals surface area contributed by atoms with Gasteiger partial charge in [-0.1, -0.05) is 6.42 Å². The second kappa shape index (κ2) is 16.2. The molecule has 0 spiro atoms. The Morgan fingerprint density at radius 2 is 1.53 bits per heavy atom. The van der Waals surface area contributed by atoms with Gasteiger partial charge in [-0.05, 0) is 37.8 Å². The van der Waals surface area contributed by atoms with Gasteiger partial charge in [0, 0.05) is 5.75 Å². The molecule has 0 aromatic carbocycles. The van der Waals surface area contributed by atoms with E-state index in [2.05, 4.69) is 28.6 Å². The molecule has 0 aliphatic carbocycles. The fraction of sp³-hybridized carbons (Fsp3) is 0.765. The topological polar surface area (TPSA) is 197 Å². The van der Waals surface area contributed by atoms with Gasteiger partial charge in [0.05, 0.1) is 12.6 Å². The van der Waals surface area contributed by atoms with E-state index in [1.165, 1.54) is 11.8 Å². The molecular formula is C17H33N5O6S2. The third-order valence-corrected chi connectivity index (χ3v) is 5.17. The number of hydrogen-bond donors (Lipinski definition) is 8. The lowest BCUT2D eigenvalue weighted by atomic mass is 10.1. The second-order valence-electron chi connectivity index (χ2n) is 6.56. The van der Waals surface area contributed by atoms with Crippen LogP contribution in [-0.4, -0.2) is 89.0 Å². The number of unbranched alkanes of at least 4 members (excludes halogenated alkanes) is 1. The predicted octanol–water partition coefficient (Wildman–Crippen LogP) is -2.34. The first-order valence-corrected chi connectivity index (χ1v) is 11.5. The number of carboxylic acid groups (broad SMARTS) is 1. The minimum absolute atomic E-state index is 0.0711. The van der Waals surface area contributed by atoms with Crippen molar-refractivity contribution in [3.05, 3.63) is 0 Å². The number of carbonyl (C=O) groups is 4. The zero-order valence-corrected chi connectivity index (χ0v) is 18.7. The van der Waals surface area contributed by atoms with Crippen LogP contribution in [0.4, 0.5) is 0 Å². The minimum Gasteiger partial charge on any atom is -0.480 e. The normalized spacial score (nSPS) is 14.8. The highest BCUT2D eigenvalue weighted by Gasteiger charge is 2.29. The summed E-state index contributed by atoms with van der Waals surface area (Å²) in [5, 5.41) is 25.7. The van der Waals surface area contributed by atoms with Crippen molar-refractivity contribution in [3.8, 4) is 0 Å². The minimum atomic E-state index is -1.38. The van der Waals surface area contributed by atoms with E-state index in [-0.39, 0.29) is 12.2 Å². The highest BCUT2D eigenvalue weighted by Crippen LogP contribution is 2.03. The summed E-state index contributed by atoms with van der Waals surface area (Å²) in [5.74, 6) is -2.93. The summed E-state index contributed by atoms with van der Waals surface area (Å²) < 4.78 is 0. The number of carbonyl (C=O) groups excluding carboxylic acids is 3. The fourth-order valence-corrected chi connectivity index (χ4v) is 3.07. The fourth-order valence-electron chi connectivity index (χ4n) is 2.34. The first-order chi connectivity index (χ1) is 14.2. The predicted molar refractivity (Wildman–Crippen MR) is 118 cm³/mol. The largest absolute Gasteiger partial charge is 0.480 e. The number of aliphatic hydroxyl groups is 1. The number of carboxylic acids is 1. The Morgan fingerprint density at radius 1 is 0.967 bits per heavy atom. The third-order valence-electron chi connectivity index (χ3n) is 4.16. The Hall–Kier alpha value is -1.54. The molecule has 0 aromatic heterocycles. The van der Waals surface area contributed by atoms with Gasteiger partial charge in [-0.25, -0.2) is 4.79 Å². The van der Waals surface area contributed by atoms with Crippen molar-refractivity contribution < 1.29 is 29.4 Å². The van der Waals surface area contributed by atoms with Crippen LogP contribution in [0.25, 0.3) is 0 Å². The summed E-state index contributed by atoms with van der Waals surface area (Å²) in [6, 6.07) is -4.44. The van der Waals surface area contributed by atoms with Crippen molar-refractivity contribution in [2.45, 2.75) is 49.9 Å². The summed E-state index contributed by atoms with van der Waals surface area (Å²) in [5.41, 5.74) is 11.2. The Balaban J connectivity index is 4.86. The molecule has 0 saturated carbocycles. The van der Waals surface area contributed by atoms with Crippen LogP contribution in [0.1, 0.15) is 25.7 Å². The molecule has 9 N–H and O–H groups in total. The SMILES string of the molecule is CSCCC(NC(=O)C(CO)NC(=O)C(CS)NC(=O)C(N)CCCCN)C(=O)O. The number of amides is 3. The quantitative estimate of drug-likeness (QED) is 0.0905. The highest BCUT2D eigenvalue weighted by molar-refractivity contribution is 7.98. The number of rotatable bonds is 16. The van der Waals surface area contributed by atoms with Gasteiger partial charge in [0.1, 0.15) is 18.1 Å². The van der Waals surface area contributed by atoms with Gasteiger partial charge >= 0.3 is 5.97 Å². The maximum atomic E-state index is 12.4. The van der Waals surface area contributed by atoms with E-state index < -0.39 is 54.5 Å². The summed E-state index contributed by atoms with van der Waals surface area (Å²) in [4.78, 5) is 48.1. The Labute approximate surface area is 185 Å².